The highest BCUT2D eigenvalue weighted by Gasteiger charge is 2.62. The highest BCUT2D eigenvalue weighted by Crippen LogP contribution is 2.44. The number of amides is 1. The molecule has 1 aliphatic carbocycles. The number of carbonyl (C=O) groups excluding carboxylic acids is 1. The summed E-state index contributed by atoms with van der Waals surface area (Å²) in [5.74, 6) is 0.114. The van der Waals surface area contributed by atoms with Crippen LogP contribution in [0.15, 0.2) is 30.3 Å². The van der Waals surface area contributed by atoms with Gasteiger partial charge in [0.15, 0.2) is 6.10 Å². The van der Waals surface area contributed by atoms with Gasteiger partial charge in [-0.3, -0.25) is 4.79 Å². The zero-order valence-corrected chi connectivity index (χ0v) is 14.8. The van der Waals surface area contributed by atoms with E-state index in [1.807, 2.05) is 42.2 Å². The van der Waals surface area contributed by atoms with E-state index in [0.29, 0.717) is 12.6 Å². The van der Waals surface area contributed by atoms with Crippen molar-refractivity contribution in [1.29, 1.82) is 0 Å². The lowest BCUT2D eigenvalue weighted by atomic mass is 9.76. The number of benzene rings is 1. The van der Waals surface area contributed by atoms with Crippen LogP contribution in [0.1, 0.15) is 51.5 Å². The third-order valence-electron chi connectivity index (χ3n) is 5.52. The number of alkyl halides is 1. The topological polar surface area (TPSA) is 29.5 Å². The van der Waals surface area contributed by atoms with E-state index in [2.05, 4.69) is 6.92 Å². The van der Waals surface area contributed by atoms with Crippen LogP contribution < -0.4 is 0 Å². The summed E-state index contributed by atoms with van der Waals surface area (Å²) in [7, 11) is 0. The van der Waals surface area contributed by atoms with Crippen LogP contribution in [0.5, 0.6) is 0 Å². The van der Waals surface area contributed by atoms with E-state index in [0.717, 1.165) is 18.4 Å². The molecule has 126 valence electrons. The second kappa shape index (κ2) is 6.82. The predicted octanol–water partition coefficient (Wildman–Crippen LogP) is 4.13. The van der Waals surface area contributed by atoms with Crippen molar-refractivity contribution in [1.82, 2.24) is 4.90 Å². The SMILES string of the molecule is C[C@H](Cl)[C@]1(C)[C@H](OCc2ccccc2)C(=O)N1C1CCCCC1. The molecule has 3 rings (SSSR count). The minimum atomic E-state index is -0.433. The number of ether oxygens (including phenoxy) is 1. The van der Waals surface area contributed by atoms with Crippen LogP contribution in [-0.4, -0.2) is 33.9 Å². The Kier molecular flexibility index (Phi) is 4.98. The molecule has 2 fully saturated rings. The molecule has 0 N–H and O–H groups in total. The minimum absolute atomic E-state index is 0.114. The molecule has 1 saturated carbocycles. The van der Waals surface area contributed by atoms with E-state index in [1.165, 1.54) is 19.3 Å². The molecule has 0 radical (unpaired) electrons. The third kappa shape index (κ3) is 3.01. The zero-order valence-electron chi connectivity index (χ0n) is 14.0. The number of carbonyl (C=O) groups is 1. The van der Waals surface area contributed by atoms with Crippen molar-refractivity contribution < 1.29 is 9.53 Å². The number of rotatable bonds is 5. The third-order valence-corrected chi connectivity index (χ3v) is 5.96. The first-order valence-electron chi connectivity index (χ1n) is 8.68. The highest BCUT2D eigenvalue weighted by molar-refractivity contribution is 6.22. The molecular formula is C19H26ClNO2. The van der Waals surface area contributed by atoms with Crippen molar-refractivity contribution in [2.45, 2.75) is 75.6 Å². The van der Waals surface area contributed by atoms with Crippen molar-refractivity contribution in [3.05, 3.63) is 35.9 Å². The summed E-state index contributed by atoms with van der Waals surface area (Å²) in [6, 6.07) is 10.3. The van der Waals surface area contributed by atoms with Gasteiger partial charge in [-0.25, -0.2) is 0 Å². The fourth-order valence-corrected chi connectivity index (χ4v) is 4.20. The normalized spacial score (nSPS) is 30.1. The van der Waals surface area contributed by atoms with Crippen LogP contribution in [0.4, 0.5) is 0 Å². The maximum absolute atomic E-state index is 12.7. The number of likely N-dealkylation sites (tertiary alicyclic amines) is 1. The Morgan fingerprint density at radius 2 is 1.91 bits per heavy atom. The molecule has 0 aromatic heterocycles. The quantitative estimate of drug-likeness (QED) is 0.598. The number of halogens is 1. The van der Waals surface area contributed by atoms with Gasteiger partial charge in [-0.2, -0.15) is 0 Å². The molecule has 23 heavy (non-hydrogen) atoms. The minimum Gasteiger partial charge on any atom is -0.361 e. The molecule has 1 saturated heterocycles. The molecular weight excluding hydrogens is 310 g/mol. The summed E-state index contributed by atoms with van der Waals surface area (Å²) < 4.78 is 6.00. The molecule has 1 amide bonds. The van der Waals surface area contributed by atoms with Crippen LogP contribution >= 0.6 is 11.6 Å². The first-order chi connectivity index (χ1) is 11.0. The summed E-state index contributed by atoms with van der Waals surface area (Å²) in [5.41, 5.74) is 0.677. The van der Waals surface area contributed by atoms with Crippen molar-refractivity contribution in [2.75, 3.05) is 0 Å². The molecule has 1 aliphatic heterocycles. The Hall–Kier alpha value is -1.06. The maximum Gasteiger partial charge on any atom is 0.255 e. The molecule has 0 bridgehead atoms. The lowest BCUT2D eigenvalue weighted by Crippen LogP contribution is -2.79. The zero-order chi connectivity index (χ0) is 16.4. The molecule has 2 aliphatic rings. The average molecular weight is 336 g/mol. The Bertz CT molecular complexity index is 542. The molecule has 4 heteroatoms. The van der Waals surface area contributed by atoms with E-state index in [9.17, 15) is 4.79 Å². The van der Waals surface area contributed by atoms with Crippen LogP contribution in [0.2, 0.25) is 0 Å². The Morgan fingerprint density at radius 1 is 1.26 bits per heavy atom. The van der Waals surface area contributed by atoms with Crippen LogP contribution in [0.25, 0.3) is 0 Å². The van der Waals surface area contributed by atoms with Crippen LogP contribution in [0.3, 0.4) is 0 Å². The summed E-state index contributed by atoms with van der Waals surface area (Å²) in [6.07, 6.45) is 5.44. The van der Waals surface area contributed by atoms with E-state index in [-0.39, 0.29) is 11.3 Å². The van der Waals surface area contributed by atoms with E-state index in [1.54, 1.807) is 0 Å². The second-order valence-electron chi connectivity index (χ2n) is 7.02. The summed E-state index contributed by atoms with van der Waals surface area (Å²) in [6.45, 7) is 4.51. The summed E-state index contributed by atoms with van der Waals surface area (Å²) in [5, 5.41) is -0.136. The van der Waals surface area contributed by atoms with Crippen LogP contribution in [-0.2, 0) is 16.1 Å². The van der Waals surface area contributed by atoms with Crippen LogP contribution in [0, 0.1) is 0 Å². The molecule has 1 aromatic rings. The van der Waals surface area contributed by atoms with Gasteiger partial charge >= 0.3 is 0 Å². The number of hydrogen-bond donors (Lipinski definition) is 0. The van der Waals surface area contributed by atoms with Gasteiger partial charge in [0.05, 0.1) is 17.5 Å². The number of β-lactam (4-membered cyclic amide) rings is 1. The van der Waals surface area contributed by atoms with Crippen molar-refractivity contribution in [2.24, 2.45) is 0 Å². The van der Waals surface area contributed by atoms with Gasteiger partial charge in [-0.1, -0.05) is 49.6 Å². The molecule has 1 aromatic carbocycles. The standard InChI is InChI=1S/C19H26ClNO2/c1-14(20)19(2)17(23-13-15-9-5-3-6-10-15)18(22)21(19)16-11-7-4-8-12-16/h3,5-6,9-10,14,16-17H,4,7-8,11-13H2,1-2H3/t14-,17+,19+/m0/s1. The fraction of sp³-hybridized carbons (Fsp3) is 0.632. The van der Waals surface area contributed by atoms with Gasteiger partial charge in [0, 0.05) is 6.04 Å². The van der Waals surface area contributed by atoms with Gasteiger partial charge in [-0.05, 0) is 32.3 Å². The van der Waals surface area contributed by atoms with E-state index < -0.39 is 11.6 Å². The van der Waals surface area contributed by atoms with Crippen molar-refractivity contribution in [3.63, 3.8) is 0 Å². The highest BCUT2D eigenvalue weighted by atomic mass is 35.5. The lowest BCUT2D eigenvalue weighted by molar-refractivity contribution is -0.202. The van der Waals surface area contributed by atoms with Gasteiger partial charge in [0.2, 0.25) is 0 Å². The summed E-state index contributed by atoms with van der Waals surface area (Å²) >= 11 is 6.50. The Morgan fingerprint density at radius 3 is 2.52 bits per heavy atom. The van der Waals surface area contributed by atoms with Crippen molar-refractivity contribution in [3.8, 4) is 0 Å². The largest absolute Gasteiger partial charge is 0.361 e. The van der Waals surface area contributed by atoms with Gasteiger partial charge in [0.25, 0.3) is 5.91 Å². The Balaban J connectivity index is 1.71. The average Bonchev–Trinajstić information content (AvgIpc) is 2.56. The lowest BCUT2D eigenvalue weighted by Gasteiger charge is -2.60. The summed E-state index contributed by atoms with van der Waals surface area (Å²) in [4.78, 5) is 14.8. The fourth-order valence-electron chi connectivity index (χ4n) is 3.98. The smallest absolute Gasteiger partial charge is 0.255 e. The second-order valence-corrected chi connectivity index (χ2v) is 7.67. The number of hydrogen-bond acceptors (Lipinski definition) is 2. The van der Waals surface area contributed by atoms with Crippen molar-refractivity contribution >= 4 is 17.5 Å². The molecule has 0 spiro atoms. The first kappa shape index (κ1) is 16.8. The predicted molar refractivity (Wildman–Crippen MR) is 92.5 cm³/mol. The molecule has 3 nitrogen and oxygen atoms in total. The number of nitrogens with zero attached hydrogens (tertiary/aromatic N) is 1. The first-order valence-corrected chi connectivity index (χ1v) is 9.11. The monoisotopic (exact) mass is 335 g/mol. The van der Waals surface area contributed by atoms with Gasteiger partial charge < -0.3 is 9.64 Å². The molecule has 0 unspecified atom stereocenters. The molecule has 1 heterocycles. The van der Waals surface area contributed by atoms with Gasteiger partial charge in [-0.15, -0.1) is 11.6 Å². The molecule has 3 atom stereocenters. The maximum atomic E-state index is 12.7. The Labute approximate surface area is 144 Å². The van der Waals surface area contributed by atoms with E-state index >= 15 is 0 Å². The van der Waals surface area contributed by atoms with E-state index in [4.69, 9.17) is 16.3 Å². The van der Waals surface area contributed by atoms with Gasteiger partial charge in [0.1, 0.15) is 0 Å².